The number of amides is 1. The number of carbonyl (C=O) groups is 1. The Morgan fingerprint density at radius 3 is 2.14 bits per heavy atom. The van der Waals surface area contributed by atoms with Gasteiger partial charge in [-0.3, -0.25) is 0 Å². The molecule has 0 heterocycles. The molecule has 28 heavy (non-hydrogen) atoms. The van der Waals surface area contributed by atoms with Gasteiger partial charge in [-0.25, -0.2) is 4.79 Å². The zero-order chi connectivity index (χ0) is 20.9. The summed E-state index contributed by atoms with van der Waals surface area (Å²) in [4.78, 5) is 11.9. The maximum atomic E-state index is 11.9. The average molecular weight is 391 g/mol. The largest absolute Gasteiger partial charge is 0.463 e. The first-order chi connectivity index (χ1) is 13.3. The summed E-state index contributed by atoms with van der Waals surface area (Å²) in [5.41, 5.74) is 1.07. The monoisotopic (exact) mass is 391 g/mol. The van der Waals surface area contributed by atoms with Crippen molar-refractivity contribution < 1.29 is 28.5 Å². The zero-order valence-electron chi connectivity index (χ0n) is 16.8. The lowest BCUT2D eigenvalue weighted by atomic mass is 10.2. The number of benzene rings is 1. The highest BCUT2D eigenvalue weighted by Gasteiger charge is 2.11. The van der Waals surface area contributed by atoms with Crippen LogP contribution in [0.25, 0.3) is 0 Å². The summed E-state index contributed by atoms with van der Waals surface area (Å²) in [6.07, 6.45) is 1.09. The summed E-state index contributed by atoms with van der Waals surface area (Å²) >= 11 is 0. The number of allylic oxidation sites excluding steroid dienone is 3. The van der Waals surface area contributed by atoms with E-state index in [0.717, 1.165) is 18.4 Å². The van der Waals surface area contributed by atoms with Gasteiger partial charge in [-0.1, -0.05) is 18.7 Å². The molecule has 7 nitrogen and oxygen atoms in total. The van der Waals surface area contributed by atoms with Gasteiger partial charge in [0.25, 0.3) is 0 Å². The average Bonchev–Trinajstić information content (AvgIpc) is 2.59. The van der Waals surface area contributed by atoms with Gasteiger partial charge in [0.05, 0.1) is 11.5 Å². The molecule has 0 aliphatic heterocycles. The molecule has 1 aromatic carbocycles. The van der Waals surface area contributed by atoms with E-state index in [4.69, 9.17) is 23.7 Å². The summed E-state index contributed by atoms with van der Waals surface area (Å²) in [5.74, 6) is 2.07. The van der Waals surface area contributed by atoms with Crippen molar-refractivity contribution in [2.45, 2.75) is 33.6 Å². The molecule has 0 atom stereocenters. The Bertz CT molecular complexity index is 698. The van der Waals surface area contributed by atoms with Crippen LogP contribution in [-0.4, -0.2) is 26.2 Å². The van der Waals surface area contributed by atoms with Gasteiger partial charge in [0.2, 0.25) is 13.6 Å². The highest BCUT2D eigenvalue weighted by molar-refractivity contribution is 5.70. The van der Waals surface area contributed by atoms with E-state index < -0.39 is 6.09 Å². The topological polar surface area (TPSA) is 75.3 Å². The van der Waals surface area contributed by atoms with Crippen molar-refractivity contribution in [2.24, 2.45) is 0 Å². The fourth-order valence-electron chi connectivity index (χ4n) is 1.89. The third-order valence-electron chi connectivity index (χ3n) is 3.21. The van der Waals surface area contributed by atoms with Gasteiger partial charge in [-0.05, 0) is 45.7 Å². The van der Waals surface area contributed by atoms with Gasteiger partial charge in [-0.15, -0.1) is 6.58 Å². The standard InChI is InChI=1S/C21H29NO6/c1-15(2)8-7-11-22-21(23)28-18-9-10-19(26-13-24-16(3)4)20(12-18)27-14-25-17(5)6/h9-10,12H,1,3,5,7-8,11,13-14H2,2,4,6H3,(H,22,23). The second-order valence-electron chi connectivity index (χ2n) is 6.20. The van der Waals surface area contributed by atoms with E-state index in [9.17, 15) is 4.79 Å². The summed E-state index contributed by atoms with van der Waals surface area (Å²) in [6.45, 7) is 16.9. The van der Waals surface area contributed by atoms with Crippen molar-refractivity contribution in [3.05, 3.63) is 55.0 Å². The molecule has 1 N–H and O–H groups in total. The molecule has 0 aromatic heterocycles. The lowest BCUT2D eigenvalue weighted by molar-refractivity contribution is 0.0427. The fourth-order valence-corrected chi connectivity index (χ4v) is 1.89. The van der Waals surface area contributed by atoms with Crippen LogP contribution in [0.5, 0.6) is 17.2 Å². The molecule has 0 aliphatic carbocycles. The summed E-state index contributed by atoms with van der Waals surface area (Å²) in [6, 6.07) is 4.74. The molecule has 1 rings (SSSR count). The van der Waals surface area contributed by atoms with Crippen molar-refractivity contribution in [2.75, 3.05) is 20.1 Å². The molecule has 0 spiro atoms. The Morgan fingerprint density at radius 1 is 0.964 bits per heavy atom. The van der Waals surface area contributed by atoms with E-state index in [0.29, 0.717) is 35.3 Å². The predicted molar refractivity (Wildman–Crippen MR) is 107 cm³/mol. The minimum absolute atomic E-state index is 0.0313. The Kier molecular flexibility index (Phi) is 10.1. The van der Waals surface area contributed by atoms with Crippen LogP contribution in [0.1, 0.15) is 33.6 Å². The Hall–Kier alpha value is -3.09. The van der Waals surface area contributed by atoms with Crippen LogP contribution >= 0.6 is 0 Å². The normalized spacial score (nSPS) is 9.82. The molecular weight excluding hydrogens is 362 g/mol. The number of hydrogen-bond acceptors (Lipinski definition) is 6. The van der Waals surface area contributed by atoms with Gasteiger partial charge in [0.1, 0.15) is 5.75 Å². The zero-order valence-corrected chi connectivity index (χ0v) is 16.8. The van der Waals surface area contributed by atoms with E-state index in [2.05, 4.69) is 25.1 Å². The quantitative estimate of drug-likeness (QED) is 0.223. The van der Waals surface area contributed by atoms with E-state index in [1.165, 1.54) is 6.07 Å². The first kappa shape index (κ1) is 23.0. The van der Waals surface area contributed by atoms with Crippen LogP contribution in [0.2, 0.25) is 0 Å². The molecule has 0 saturated carbocycles. The molecule has 1 aromatic rings. The third-order valence-corrected chi connectivity index (χ3v) is 3.21. The molecule has 154 valence electrons. The maximum absolute atomic E-state index is 11.9. The van der Waals surface area contributed by atoms with E-state index in [1.54, 1.807) is 26.0 Å². The number of ether oxygens (including phenoxy) is 5. The molecule has 7 heteroatoms. The molecule has 0 aliphatic rings. The number of rotatable bonds is 13. The third kappa shape index (κ3) is 10.2. The molecule has 1 amide bonds. The van der Waals surface area contributed by atoms with E-state index in [-0.39, 0.29) is 13.6 Å². The highest BCUT2D eigenvalue weighted by atomic mass is 16.7. The van der Waals surface area contributed by atoms with Crippen LogP contribution in [0.4, 0.5) is 4.79 Å². The second-order valence-corrected chi connectivity index (χ2v) is 6.20. The predicted octanol–water partition coefficient (Wildman–Crippen LogP) is 4.90. The van der Waals surface area contributed by atoms with Gasteiger partial charge >= 0.3 is 6.09 Å². The molecule has 0 unspecified atom stereocenters. The van der Waals surface area contributed by atoms with E-state index >= 15 is 0 Å². The van der Waals surface area contributed by atoms with Gasteiger partial charge < -0.3 is 29.0 Å². The van der Waals surface area contributed by atoms with Crippen LogP contribution in [0.15, 0.2) is 55.0 Å². The van der Waals surface area contributed by atoms with Gasteiger partial charge in [0.15, 0.2) is 11.5 Å². The Morgan fingerprint density at radius 2 is 1.57 bits per heavy atom. The minimum atomic E-state index is -0.551. The molecule has 0 fully saturated rings. The van der Waals surface area contributed by atoms with Crippen molar-refractivity contribution in [1.29, 1.82) is 0 Å². The van der Waals surface area contributed by atoms with Crippen molar-refractivity contribution in [3.8, 4) is 17.2 Å². The number of carbonyl (C=O) groups excluding carboxylic acids is 1. The summed E-state index contributed by atoms with van der Waals surface area (Å²) in [5, 5.41) is 2.69. The first-order valence-corrected chi connectivity index (χ1v) is 8.84. The number of hydrogen-bond donors (Lipinski definition) is 1. The second kappa shape index (κ2) is 12.3. The Balaban J connectivity index is 2.69. The minimum Gasteiger partial charge on any atom is -0.463 e. The smallest absolute Gasteiger partial charge is 0.412 e. The Labute approximate surface area is 166 Å². The van der Waals surface area contributed by atoms with Crippen LogP contribution in [0, 0.1) is 0 Å². The molecular formula is C21H29NO6. The van der Waals surface area contributed by atoms with Gasteiger partial charge in [0, 0.05) is 12.6 Å². The lowest BCUT2D eigenvalue weighted by Gasteiger charge is -2.15. The highest BCUT2D eigenvalue weighted by Crippen LogP contribution is 2.32. The maximum Gasteiger partial charge on any atom is 0.412 e. The van der Waals surface area contributed by atoms with Crippen LogP contribution < -0.4 is 19.5 Å². The van der Waals surface area contributed by atoms with E-state index in [1.807, 2.05) is 6.92 Å². The fraction of sp³-hybridized carbons (Fsp3) is 0.381. The van der Waals surface area contributed by atoms with Crippen LogP contribution in [0.3, 0.4) is 0 Å². The molecule has 0 radical (unpaired) electrons. The van der Waals surface area contributed by atoms with Crippen molar-refractivity contribution in [3.63, 3.8) is 0 Å². The van der Waals surface area contributed by atoms with Crippen molar-refractivity contribution in [1.82, 2.24) is 5.32 Å². The summed E-state index contributed by atoms with van der Waals surface area (Å²) in [7, 11) is 0. The lowest BCUT2D eigenvalue weighted by Crippen LogP contribution is -2.27. The molecule has 0 bridgehead atoms. The van der Waals surface area contributed by atoms with Gasteiger partial charge in [-0.2, -0.15) is 0 Å². The van der Waals surface area contributed by atoms with Crippen molar-refractivity contribution >= 4 is 6.09 Å². The number of nitrogens with one attached hydrogen (secondary N) is 1. The molecule has 0 saturated heterocycles. The summed E-state index contributed by atoms with van der Waals surface area (Å²) < 4.78 is 26.7. The SMILES string of the molecule is C=C(C)CCCNC(=O)Oc1ccc(OCOC(=C)C)c(OCOC(=C)C)c1. The van der Waals surface area contributed by atoms with Crippen LogP contribution in [-0.2, 0) is 9.47 Å². The first-order valence-electron chi connectivity index (χ1n) is 8.84.